The summed E-state index contributed by atoms with van der Waals surface area (Å²) in [5.74, 6) is 0.605. The second-order valence-electron chi connectivity index (χ2n) is 4.16. The fourth-order valence-corrected chi connectivity index (χ4v) is 1.63. The first-order valence-corrected chi connectivity index (χ1v) is 6.64. The quantitative estimate of drug-likeness (QED) is 0.853. The number of rotatable bonds is 6. The Bertz CT molecular complexity index is 653. The predicted molar refractivity (Wildman–Crippen MR) is 78.9 cm³/mol. The minimum Gasteiger partial charge on any atom is -0.478 e. The zero-order valence-electron chi connectivity index (χ0n) is 12.1. The molecule has 0 aliphatic heterocycles. The highest BCUT2D eigenvalue weighted by Gasteiger charge is 2.07. The van der Waals surface area contributed by atoms with Crippen molar-refractivity contribution in [1.29, 1.82) is 0 Å². The summed E-state index contributed by atoms with van der Waals surface area (Å²) < 4.78 is 33.5. The van der Waals surface area contributed by atoms with Crippen LogP contribution in [-0.2, 0) is 0 Å². The Morgan fingerprint density at radius 2 is 1.96 bits per heavy atom. The van der Waals surface area contributed by atoms with E-state index >= 15 is 0 Å². The molecule has 1 aromatic carbocycles. The van der Waals surface area contributed by atoms with Gasteiger partial charge in [0.15, 0.2) is 0 Å². The lowest BCUT2D eigenvalue weighted by atomic mass is 10.3. The number of anilines is 2. The number of amides is 2. The number of halogens is 2. The predicted octanol–water partition coefficient (Wildman–Crippen LogP) is 3.12. The van der Waals surface area contributed by atoms with E-state index in [1.54, 1.807) is 0 Å². The smallest absolute Gasteiger partial charge is 0.387 e. The molecule has 0 unspecified atom stereocenters. The Morgan fingerprint density at radius 1 is 1.22 bits per heavy atom. The van der Waals surface area contributed by atoms with Crippen molar-refractivity contribution in [2.24, 2.45) is 0 Å². The van der Waals surface area contributed by atoms with Crippen molar-refractivity contribution in [1.82, 2.24) is 9.97 Å². The van der Waals surface area contributed by atoms with E-state index in [0.29, 0.717) is 18.2 Å². The molecule has 122 valence electrons. The maximum Gasteiger partial charge on any atom is 0.387 e. The van der Waals surface area contributed by atoms with E-state index in [4.69, 9.17) is 4.74 Å². The van der Waals surface area contributed by atoms with Gasteiger partial charge in [0.1, 0.15) is 17.9 Å². The molecule has 0 aliphatic carbocycles. The number of ether oxygens (including phenoxy) is 2. The summed E-state index contributed by atoms with van der Waals surface area (Å²) in [5, 5.41) is 5.03. The van der Waals surface area contributed by atoms with Gasteiger partial charge in [0.05, 0.1) is 6.61 Å². The van der Waals surface area contributed by atoms with Gasteiger partial charge in [0.2, 0.25) is 5.88 Å². The number of hydrogen-bond acceptors (Lipinski definition) is 5. The summed E-state index contributed by atoms with van der Waals surface area (Å²) in [7, 11) is 0. The van der Waals surface area contributed by atoms with E-state index in [1.165, 1.54) is 36.7 Å². The van der Waals surface area contributed by atoms with Gasteiger partial charge in [-0.15, -0.1) is 0 Å². The van der Waals surface area contributed by atoms with E-state index in [0.717, 1.165) is 0 Å². The Labute approximate surface area is 130 Å². The molecule has 0 bridgehead atoms. The van der Waals surface area contributed by atoms with Gasteiger partial charge < -0.3 is 14.8 Å². The number of carbonyl (C=O) groups excluding carboxylic acids is 1. The zero-order valence-corrected chi connectivity index (χ0v) is 12.1. The minimum atomic E-state index is -2.89. The van der Waals surface area contributed by atoms with Gasteiger partial charge in [-0.2, -0.15) is 8.78 Å². The van der Waals surface area contributed by atoms with Gasteiger partial charge in [0, 0.05) is 11.8 Å². The molecule has 2 aromatic rings. The Morgan fingerprint density at radius 3 is 2.61 bits per heavy atom. The Hall–Kier alpha value is -2.97. The van der Waals surface area contributed by atoms with Gasteiger partial charge >= 0.3 is 12.6 Å². The number of hydrogen-bond donors (Lipinski definition) is 2. The number of carbonyl (C=O) groups is 1. The largest absolute Gasteiger partial charge is 0.478 e. The molecule has 0 spiro atoms. The Balaban J connectivity index is 1.92. The summed E-state index contributed by atoms with van der Waals surface area (Å²) in [6.07, 6.45) is 1.26. The van der Waals surface area contributed by atoms with Crippen LogP contribution in [0.1, 0.15) is 6.92 Å². The number of aromatic nitrogens is 2. The zero-order chi connectivity index (χ0) is 16.7. The van der Waals surface area contributed by atoms with E-state index < -0.39 is 12.6 Å². The van der Waals surface area contributed by atoms with Gasteiger partial charge in [-0.05, 0) is 31.2 Å². The van der Waals surface area contributed by atoms with E-state index in [9.17, 15) is 13.6 Å². The summed E-state index contributed by atoms with van der Waals surface area (Å²) in [6, 6.07) is 6.43. The third-order valence-electron chi connectivity index (χ3n) is 2.51. The van der Waals surface area contributed by atoms with Crippen LogP contribution in [0.3, 0.4) is 0 Å². The molecule has 7 nitrogen and oxygen atoms in total. The van der Waals surface area contributed by atoms with E-state index in [1.807, 2.05) is 6.92 Å². The molecule has 1 aromatic heterocycles. The molecular weight excluding hydrogens is 310 g/mol. The first-order valence-electron chi connectivity index (χ1n) is 6.64. The number of benzene rings is 1. The summed E-state index contributed by atoms with van der Waals surface area (Å²) >= 11 is 0. The monoisotopic (exact) mass is 324 g/mol. The van der Waals surface area contributed by atoms with Crippen LogP contribution in [0, 0.1) is 0 Å². The molecule has 23 heavy (non-hydrogen) atoms. The fraction of sp³-hybridized carbons (Fsp3) is 0.214. The molecule has 0 fully saturated rings. The first kappa shape index (κ1) is 16.4. The van der Waals surface area contributed by atoms with Crippen molar-refractivity contribution in [2.75, 3.05) is 17.2 Å². The van der Waals surface area contributed by atoms with Crippen LogP contribution in [-0.4, -0.2) is 29.2 Å². The van der Waals surface area contributed by atoms with Crippen LogP contribution in [0.15, 0.2) is 36.7 Å². The lowest BCUT2D eigenvalue weighted by Gasteiger charge is -2.09. The molecule has 0 aliphatic rings. The van der Waals surface area contributed by atoms with Crippen LogP contribution in [0.4, 0.5) is 25.1 Å². The van der Waals surface area contributed by atoms with Crippen molar-refractivity contribution < 1.29 is 23.0 Å². The maximum atomic E-state index is 12.0. The third kappa shape index (κ3) is 5.38. The molecule has 0 atom stereocenters. The lowest BCUT2D eigenvalue weighted by Crippen LogP contribution is -2.20. The summed E-state index contributed by atoms with van der Waals surface area (Å²) in [5.41, 5.74) is 0.406. The summed E-state index contributed by atoms with van der Waals surface area (Å²) in [4.78, 5) is 19.6. The molecule has 9 heteroatoms. The molecule has 2 amide bonds. The molecule has 1 heterocycles. The Kier molecular flexibility index (Phi) is 5.61. The van der Waals surface area contributed by atoms with Crippen LogP contribution in [0.5, 0.6) is 11.6 Å². The van der Waals surface area contributed by atoms with Crippen molar-refractivity contribution in [2.45, 2.75) is 13.5 Å². The molecule has 2 rings (SSSR count). The van der Waals surface area contributed by atoms with Crippen LogP contribution >= 0.6 is 0 Å². The second-order valence-corrected chi connectivity index (χ2v) is 4.16. The van der Waals surface area contributed by atoms with Gasteiger partial charge in [-0.25, -0.2) is 14.8 Å². The third-order valence-corrected chi connectivity index (χ3v) is 2.51. The maximum absolute atomic E-state index is 12.0. The lowest BCUT2D eigenvalue weighted by molar-refractivity contribution is -0.0498. The topological polar surface area (TPSA) is 85.4 Å². The van der Waals surface area contributed by atoms with Crippen LogP contribution in [0.2, 0.25) is 0 Å². The normalized spacial score (nSPS) is 10.3. The second kappa shape index (κ2) is 7.87. The number of urea groups is 1. The van der Waals surface area contributed by atoms with Crippen molar-refractivity contribution in [3.63, 3.8) is 0 Å². The van der Waals surface area contributed by atoms with Crippen LogP contribution < -0.4 is 20.1 Å². The highest BCUT2D eigenvalue weighted by atomic mass is 19.3. The van der Waals surface area contributed by atoms with Gasteiger partial charge in [0.25, 0.3) is 0 Å². The molecule has 0 saturated heterocycles. The van der Waals surface area contributed by atoms with Crippen LogP contribution in [0.25, 0.3) is 0 Å². The average molecular weight is 324 g/mol. The average Bonchev–Trinajstić information content (AvgIpc) is 2.49. The van der Waals surface area contributed by atoms with Gasteiger partial charge in [-0.3, -0.25) is 5.32 Å². The molecule has 0 radical (unpaired) electrons. The highest BCUT2D eigenvalue weighted by Crippen LogP contribution is 2.18. The summed E-state index contributed by atoms with van der Waals surface area (Å²) in [6.45, 7) is -0.645. The van der Waals surface area contributed by atoms with E-state index in [2.05, 4.69) is 25.3 Å². The standard InChI is InChI=1S/C14H14F2N4O3/c1-2-22-12-7-11(17-8-18-12)20-14(21)19-9-3-5-10(6-4-9)23-13(15)16/h3-8,13H,2H2,1H3,(H2,17,18,19,20,21). The van der Waals surface area contributed by atoms with E-state index in [-0.39, 0.29) is 11.6 Å². The molecule has 0 saturated carbocycles. The highest BCUT2D eigenvalue weighted by molar-refractivity contribution is 5.99. The first-order chi connectivity index (χ1) is 11.1. The number of nitrogens with zero attached hydrogens (tertiary/aromatic N) is 2. The number of nitrogens with one attached hydrogen (secondary N) is 2. The van der Waals surface area contributed by atoms with Crippen molar-refractivity contribution in [3.8, 4) is 11.6 Å². The molecule has 2 N–H and O–H groups in total. The van der Waals surface area contributed by atoms with Crippen molar-refractivity contribution >= 4 is 17.5 Å². The minimum absolute atomic E-state index is 0.00288. The van der Waals surface area contributed by atoms with Gasteiger partial charge in [-0.1, -0.05) is 0 Å². The van der Waals surface area contributed by atoms with Crippen molar-refractivity contribution in [3.05, 3.63) is 36.7 Å². The molecular formula is C14H14F2N4O3. The SMILES string of the molecule is CCOc1cc(NC(=O)Nc2ccc(OC(F)F)cc2)ncn1. The number of alkyl halides is 2. The fourth-order valence-electron chi connectivity index (χ4n) is 1.63.